The molecule has 0 aliphatic carbocycles. The number of hydrogen-bond acceptors (Lipinski definition) is 10. The Morgan fingerprint density at radius 3 is 2.61 bits per heavy atom. The van der Waals surface area contributed by atoms with Crippen molar-refractivity contribution in [3.63, 3.8) is 0 Å². The van der Waals surface area contributed by atoms with Gasteiger partial charge in [0.2, 0.25) is 0 Å². The molecule has 0 fully saturated rings. The van der Waals surface area contributed by atoms with E-state index < -0.39 is 24.3 Å². The molecule has 1 heterocycles. The zero-order chi connectivity index (χ0) is 31.5. The third-order valence-electron chi connectivity index (χ3n) is 6.52. The molecule has 12 heteroatoms. The van der Waals surface area contributed by atoms with E-state index in [0.717, 1.165) is 11.1 Å². The molecule has 0 spiro atoms. The summed E-state index contributed by atoms with van der Waals surface area (Å²) in [6.45, 7) is 3.89. The Balaban J connectivity index is 1.32. The lowest BCUT2D eigenvalue weighted by atomic mass is 9.95. The van der Waals surface area contributed by atoms with Crippen molar-refractivity contribution in [3.05, 3.63) is 100 Å². The number of rotatable bonds is 13. The third kappa shape index (κ3) is 8.05. The summed E-state index contributed by atoms with van der Waals surface area (Å²) in [4.78, 5) is 24.6. The number of ether oxygens (including phenoxy) is 4. The van der Waals surface area contributed by atoms with Crippen LogP contribution < -0.4 is 30.3 Å². The van der Waals surface area contributed by atoms with E-state index >= 15 is 0 Å². The van der Waals surface area contributed by atoms with Crippen LogP contribution in [0.15, 0.2) is 83.1 Å². The topological polar surface area (TPSA) is 164 Å². The third-order valence-corrected chi connectivity index (χ3v) is 6.52. The van der Waals surface area contributed by atoms with Crippen LogP contribution in [0.1, 0.15) is 42.1 Å². The van der Waals surface area contributed by atoms with Crippen molar-refractivity contribution < 1.29 is 33.6 Å². The van der Waals surface area contributed by atoms with E-state index in [0.29, 0.717) is 40.7 Å². The quantitative estimate of drug-likeness (QED) is 0.0994. The fourth-order valence-electron chi connectivity index (χ4n) is 4.39. The van der Waals surface area contributed by atoms with Gasteiger partial charge in [0.1, 0.15) is 19.0 Å². The summed E-state index contributed by atoms with van der Waals surface area (Å²) in [5.41, 5.74) is 6.00. The first kappa shape index (κ1) is 31.4. The zero-order valence-corrected chi connectivity index (χ0v) is 24.5. The molecule has 0 radical (unpaired) electrons. The van der Waals surface area contributed by atoms with Crippen LogP contribution in [0.4, 0.5) is 4.79 Å². The summed E-state index contributed by atoms with van der Waals surface area (Å²) < 4.78 is 22.2. The minimum Gasteiger partial charge on any atom is -0.490 e. The minimum absolute atomic E-state index is 0.149. The standard InChI is InChI=1S/C32H33N5O7/c1-4-42-27-15-22(30-29(31(39)41-3)20(2)35-32(40)36-30)11-14-26(27)44-19-28(38)37-34-17-21-9-12-25(13-10-21)43-18-24-8-6-5-7-23(24)16-33/h5-15,17,28,30,37-38H,4,18-19H2,1-3H3,(H2,35,36,40)/b34-17-/t28-,30-/m0/s1. The van der Waals surface area contributed by atoms with Crippen LogP contribution in [0.25, 0.3) is 0 Å². The first-order valence-corrected chi connectivity index (χ1v) is 13.8. The second kappa shape index (κ2) is 15.1. The summed E-state index contributed by atoms with van der Waals surface area (Å²) >= 11 is 0. The van der Waals surface area contributed by atoms with E-state index in [1.165, 1.54) is 7.11 Å². The Hall–Kier alpha value is -5.54. The van der Waals surface area contributed by atoms with Crippen LogP contribution in [0, 0.1) is 11.3 Å². The number of benzene rings is 3. The molecule has 0 unspecified atom stereocenters. The van der Waals surface area contributed by atoms with Crippen LogP contribution in [-0.4, -0.2) is 49.9 Å². The summed E-state index contributed by atoms with van der Waals surface area (Å²) in [6, 6.07) is 20.4. The molecule has 0 aromatic heterocycles. The van der Waals surface area contributed by atoms with E-state index in [-0.39, 0.29) is 18.8 Å². The van der Waals surface area contributed by atoms with Gasteiger partial charge in [-0.1, -0.05) is 24.3 Å². The lowest BCUT2D eigenvalue weighted by molar-refractivity contribution is -0.136. The second-order valence-corrected chi connectivity index (χ2v) is 9.54. The molecule has 1 aliphatic rings. The zero-order valence-electron chi connectivity index (χ0n) is 24.5. The highest BCUT2D eigenvalue weighted by molar-refractivity contribution is 5.95. The largest absolute Gasteiger partial charge is 0.490 e. The molecular weight excluding hydrogens is 566 g/mol. The van der Waals surface area contributed by atoms with Gasteiger partial charge in [-0.15, -0.1) is 0 Å². The number of nitriles is 1. The number of urea groups is 1. The van der Waals surface area contributed by atoms with E-state index in [1.807, 2.05) is 37.3 Å². The van der Waals surface area contributed by atoms with E-state index in [9.17, 15) is 20.0 Å². The number of amides is 2. The van der Waals surface area contributed by atoms with Gasteiger partial charge in [0, 0.05) is 11.3 Å². The number of esters is 1. The lowest BCUT2D eigenvalue weighted by Gasteiger charge is -2.28. The number of nitrogens with one attached hydrogen (secondary N) is 3. The van der Waals surface area contributed by atoms with Gasteiger partial charge >= 0.3 is 12.0 Å². The van der Waals surface area contributed by atoms with Gasteiger partial charge in [0.05, 0.1) is 43.2 Å². The van der Waals surface area contributed by atoms with Gasteiger partial charge in [-0.25, -0.2) is 9.59 Å². The molecule has 1 aliphatic heterocycles. The number of carbonyl (C=O) groups is 2. The van der Waals surface area contributed by atoms with Gasteiger partial charge in [-0.3, -0.25) is 5.43 Å². The Bertz CT molecular complexity index is 1580. The first-order chi connectivity index (χ1) is 21.3. The molecule has 2 amide bonds. The lowest BCUT2D eigenvalue weighted by Crippen LogP contribution is -2.45. The highest BCUT2D eigenvalue weighted by Gasteiger charge is 2.32. The molecule has 3 aromatic rings. The molecule has 12 nitrogen and oxygen atoms in total. The fraction of sp³-hybridized carbons (Fsp3) is 0.250. The summed E-state index contributed by atoms with van der Waals surface area (Å²) in [7, 11) is 1.27. The fourth-order valence-corrected chi connectivity index (χ4v) is 4.39. The molecule has 0 saturated heterocycles. The molecule has 2 atom stereocenters. The smallest absolute Gasteiger partial charge is 0.337 e. The normalized spacial score (nSPS) is 15.1. The predicted molar refractivity (Wildman–Crippen MR) is 161 cm³/mol. The van der Waals surface area contributed by atoms with E-state index in [2.05, 4.69) is 27.2 Å². The summed E-state index contributed by atoms with van der Waals surface area (Å²) in [5.74, 6) is 0.792. The molecule has 228 valence electrons. The van der Waals surface area contributed by atoms with Crippen LogP contribution in [0.2, 0.25) is 0 Å². The Morgan fingerprint density at radius 2 is 1.89 bits per heavy atom. The second-order valence-electron chi connectivity index (χ2n) is 9.54. The average Bonchev–Trinajstić information content (AvgIpc) is 3.03. The van der Waals surface area contributed by atoms with Crippen LogP contribution in [-0.2, 0) is 16.1 Å². The van der Waals surface area contributed by atoms with Gasteiger partial charge in [0.15, 0.2) is 17.7 Å². The molecule has 4 N–H and O–H groups in total. The number of hydrogen-bond donors (Lipinski definition) is 4. The van der Waals surface area contributed by atoms with Crippen molar-refractivity contribution in [3.8, 4) is 23.3 Å². The monoisotopic (exact) mass is 599 g/mol. The number of aliphatic hydroxyl groups excluding tert-OH is 1. The Kier molecular flexibility index (Phi) is 10.8. The predicted octanol–water partition coefficient (Wildman–Crippen LogP) is 3.66. The number of allylic oxidation sites excluding steroid dienone is 1. The average molecular weight is 600 g/mol. The maximum Gasteiger partial charge on any atom is 0.337 e. The van der Waals surface area contributed by atoms with Gasteiger partial charge in [-0.05, 0) is 67.4 Å². The summed E-state index contributed by atoms with van der Waals surface area (Å²) in [6.07, 6.45) is 0.406. The van der Waals surface area contributed by atoms with Crippen molar-refractivity contribution in [1.82, 2.24) is 16.1 Å². The highest BCUT2D eigenvalue weighted by atomic mass is 16.5. The SMILES string of the molecule is CCOc1cc([C@@H]2NC(=O)NC(C)=C2C(=O)OC)ccc1OC[C@H](O)N/N=C\c1ccc(OCc2ccccc2C#N)cc1. The van der Waals surface area contributed by atoms with E-state index in [1.54, 1.807) is 49.5 Å². The van der Waals surface area contributed by atoms with Crippen molar-refractivity contribution in [1.29, 1.82) is 5.26 Å². The van der Waals surface area contributed by atoms with Crippen molar-refractivity contribution in [2.45, 2.75) is 32.7 Å². The maximum atomic E-state index is 12.4. The molecular formula is C32H33N5O7. The molecule has 0 bridgehead atoms. The van der Waals surface area contributed by atoms with Crippen molar-refractivity contribution in [2.75, 3.05) is 20.3 Å². The highest BCUT2D eigenvalue weighted by Crippen LogP contribution is 2.35. The Labute approximate surface area is 254 Å². The molecule has 4 rings (SSSR count). The Morgan fingerprint density at radius 1 is 1.11 bits per heavy atom. The molecule has 0 saturated carbocycles. The van der Waals surface area contributed by atoms with Gasteiger partial charge in [-0.2, -0.15) is 10.4 Å². The van der Waals surface area contributed by atoms with Crippen LogP contribution in [0.5, 0.6) is 17.2 Å². The number of carbonyl (C=O) groups excluding carboxylic acids is 2. The number of methoxy groups -OCH3 is 1. The molecule has 44 heavy (non-hydrogen) atoms. The first-order valence-electron chi connectivity index (χ1n) is 13.8. The number of aliphatic hydroxyl groups is 1. The van der Waals surface area contributed by atoms with Crippen molar-refractivity contribution in [2.24, 2.45) is 5.10 Å². The minimum atomic E-state index is -1.14. The number of nitrogens with zero attached hydrogens (tertiary/aromatic N) is 2. The number of hydrazone groups is 1. The maximum absolute atomic E-state index is 12.4. The summed E-state index contributed by atoms with van der Waals surface area (Å²) in [5, 5.41) is 29.0. The van der Waals surface area contributed by atoms with E-state index in [4.69, 9.17) is 18.9 Å². The van der Waals surface area contributed by atoms with Crippen LogP contribution in [0.3, 0.4) is 0 Å². The van der Waals surface area contributed by atoms with Gasteiger partial charge < -0.3 is 34.7 Å². The van der Waals surface area contributed by atoms with Gasteiger partial charge in [0.25, 0.3) is 0 Å². The van der Waals surface area contributed by atoms with Crippen molar-refractivity contribution >= 4 is 18.2 Å². The molecule has 3 aromatic carbocycles. The van der Waals surface area contributed by atoms with Crippen LogP contribution >= 0.6 is 0 Å².